The van der Waals surface area contributed by atoms with Gasteiger partial charge in [-0.2, -0.15) is 13.2 Å². The van der Waals surface area contributed by atoms with Gasteiger partial charge in [-0.25, -0.2) is 0 Å². The van der Waals surface area contributed by atoms with Crippen LogP contribution in [0, 0.1) is 0 Å². The van der Waals surface area contributed by atoms with Crippen LogP contribution in [0.4, 0.5) is 13.2 Å². The van der Waals surface area contributed by atoms with E-state index in [4.69, 9.17) is 14.3 Å². The lowest BCUT2D eigenvalue weighted by atomic mass is 9.50. The number of nitrogens with zero attached hydrogens (tertiary/aromatic N) is 1. The molecule has 2 aliphatic carbocycles. The predicted octanol–water partition coefficient (Wildman–Crippen LogP) is 2.20. The van der Waals surface area contributed by atoms with Gasteiger partial charge in [-0.3, -0.25) is 14.4 Å². The average Bonchev–Trinajstić information content (AvgIpc) is 3.34. The number of amides is 1. The highest BCUT2D eigenvalue weighted by atomic mass is 19.4. The fraction of sp³-hybridized carbons (Fsp3) is 0.433. The van der Waals surface area contributed by atoms with Gasteiger partial charge in [0, 0.05) is 24.6 Å². The molecule has 1 saturated heterocycles. The summed E-state index contributed by atoms with van der Waals surface area (Å²) in [5.74, 6) is -0.483. The van der Waals surface area contributed by atoms with Crippen molar-refractivity contribution in [1.29, 1.82) is 0 Å². The van der Waals surface area contributed by atoms with Crippen LogP contribution in [0.5, 0.6) is 11.5 Å². The maximum atomic E-state index is 12.8. The van der Waals surface area contributed by atoms with Crippen molar-refractivity contribution in [3.63, 3.8) is 0 Å². The fourth-order valence-electron chi connectivity index (χ4n) is 6.79. The van der Waals surface area contributed by atoms with E-state index in [1.807, 2.05) is 13.1 Å². The molecule has 4 aliphatic rings. The summed E-state index contributed by atoms with van der Waals surface area (Å²) in [5.41, 5.74) is 0.362. The first-order valence-corrected chi connectivity index (χ1v) is 13.7. The highest BCUT2D eigenvalue weighted by Gasteiger charge is 2.72. The number of likely N-dealkylation sites (tertiary alicyclic amines) is 1. The molecule has 0 radical (unpaired) electrons. The molecule has 0 unspecified atom stereocenters. The summed E-state index contributed by atoms with van der Waals surface area (Å²) >= 11 is 0. The van der Waals surface area contributed by atoms with Crippen LogP contribution in [0.3, 0.4) is 0 Å². The van der Waals surface area contributed by atoms with Gasteiger partial charge in [0.05, 0.1) is 17.4 Å². The summed E-state index contributed by atoms with van der Waals surface area (Å²) < 4.78 is 43.3. The number of alkyl halides is 3. The molecule has 5 atom stereocenters. The summed E-state index contributed by atoms with van der Waals surface area (Å²) in [6.07, 6.45) is -4.64. The molecule has 230 valence electrons. The summed E-state index contributed by atoms with van der Waals surface area (Å²) in [7, 11) is 2.01. The Morgan fingerprint density at radius 2 is 1.93 bits per heavy atom. The number of piperidine rings is 1. The smallest absolute Gasteiger partial charge is 0.446 e. The number of aldehydes is 1. The summed E-state index contributed by atoms with van der Waals surface area (Å²) in [6, 6.07) is 11.9. The molecule has 2 aromatic carbocycles. The third kappa shape index (κ3) is 5.25. The van der Waals surface area contributed by atoms with Crippen molar-refractivity contribution in [1.82, 2.24) is 10.2 Å². The third-order valence-electron chi connectivity index (χ3n) is 8.71. The zero-order chi connectivity index (χ0) is 31.2. The van der Waals surface area contributed by atoms with Gasteiger partial charge in [0.25, 0.3) is 5.91 Å². The Hall–Kier alpha value is -3.94. The van der Waals surface area contributed by atoms with Crippen molar-refractivity contribution < 1.29 is 52.3 Å². The molecule has 2 heterocycles. The lowest BCUT2D eigenvalue weighted by Gasteiger charge is -2.61. The van der Waals surface area contributed by atoms with Gasteiger partial charge in [-0.15, -0.1) is 0 Å². The first-order chi connectivity index (χ1) is 20.3. The first kappa shape index (κ1) is 30.5. The number of carbonyl (C=O) groups excluding carboxylic acids is 3. The van der Waals surface area contributed by atoms with Gasteiger partial charge in [-0.1, -0.05) is 36.4 Å². The Balaban J connectivity index is 0.000000559. The third-order valence-corrected chi connectivity index (χ3v) is 8.71. The fourth-order valence-corrected chi connectivity index (χ4v) is 6.79. The minimum atomic E-state index is -4.64. The second-order valence-corrected chi connectivity index (χ2v) is 11.1. The Bertz CT molecular complexity index is 1450. The largest absolute Gasteiger partial charge is 0.504 e. The predicted molar refractivity (Wildman–Crippen MR) is 144 cm³/mol. The van der Waals surface area contributed by atoms with Crippen LogP contribution < -0.4 is 10.1 Å². The van der Waals surface area contributed by atoms with Crippen molar-refractivity contribution in [2.45, 2.75) is 61.1 Å². The Kier molecular flexibility index (Phi) is 8.01. The van der Waals surface area contributed by atoms with E-state index in [0.29, 0.717) is 36.3 Å². The first-order valence-electron chi connectivity index (χ1n) is 13.7. The number of phenolic OH excluding ortho intramolecular Hbond substituents is 1. The number of carbonyl (C=O) groups is 3. The zero-order valence-electron chi connectivity index (χ0n) is 23.1. The number of hydrogen-bond donors (Lipinski definition) is 4. The molecule has 1 spiro atoms. The van der Waals surface area contributed by atoms with Crippen molar-refractivity contribution in [2.24, 2.45) is 0 Å². The van der Waals surface area contributed by atoms with Crippen LogP contribution in [0.15, 0.2) is 54.3 Å². The van der Waals surface area contributed by atoms with Crippen LogP contribution in [0.25, 0.3) is 0 Å². The van der Waals surface area contributed by atoms with E-state index in [2.05, 4.69) is 10.2 Å². The van der Waals surface area contributed by atoms with Gasteiger partial charge < -0.3 is 35.0 Å². The highest BCUT2D eigenvalue weighted by Crippen LogP contribution is 2.65. The zero-order valence-corrected chi connectivity index (χ0v) is 23.1. The standard InChI is InChI=1S/C28H30N2O7.C2HF3O/c1-30-14-12-27-22-17-7-8-18(31)24(22)37-25(27)19(9-11-28(27,35)20(30)15-17)36-21(32)10-13-29-26(34)23(33)16-5-3-2-4-6-16;3-2(4,5)1-6/h2-9,20,23,25,31,33,35H,10-15H2,1H3,(H,29,34);1H/t20-,23+,25+,27+,28-;/m1./s1. The van der Waals surface area contributed by atoms with Gasteiger partial charge in [0.15, 0.2) is 23.7 Å². The molecule has 2 bridgehead atoms. The molecule has 2 aromatic rings. The van der Waals surface area contributed by atoms with Gasteiger partial charge in [-0.05, 0) is 49.7 Å². The second-order valence-electron chi connectivity index (χ2n) is 11.1. The Morgan fingerprint density at radius 1 is 1.23 bits per heavy atom. The molecule has 13 heteroatoms. The van der Waals surface area contributed by atoms with Gasteiger partial charge >= 0.3 is 12.1 Å². The number of halogens is 3. The number of rotatable bonds is 6. The molecule has 6 rings (SSSR count). The minimum Gasteiger partial charge on any atom is -0.504 e. The molecule has 10 nitrogen and oxygen atoms in total. The van der Waals surface area contributed by atoms with Crippen molar-refractivity contribution in [3.8, 4) is 11.5 Å². The Labute approximate surface area is 244 Å². The molecule has 0 aromatic heterocycles. The molecule has 1 amide bonds. The number of esters is 1. The summed E-state index contributed by atoms with van der Waals surface area (Å²) in [4.78, 5) is 35.9. The topological polar surface area (TPSA) is 146 Å². The van der Waals surface area contributed by atoms with Crippen LogP contribution in [-0.2, 0) is 31.0 Å². The van der Waals surface area contributed by atoms with E-state index >= 15 is 0 Å². The lowest BCUT2D eigenvalue weighted by Crippen LogP contribution is -2.74. The second kappa shape index (κ2) is 11.3. The van der Waals surface area contributed by atoms with Gasteiger partial charge in [0.2, 0.25) is 6.29 Å². The summed E-state index contributed by atoms with van der Waals surface area (Å²) in [5, 5.41) is 35.5. The molecule has 2 aliphatic heterocycles. The number of aliphatic hydroxyl groups excluding tert-OH is 1. The normalized spacial score (nSPS) is 27.3. The lowest BCUT2D eigenvalue weighted by molar-refractivity contribution is -0.169. The number of phenols is 1. The molecule has 43 heavy (non-hydrogen) atoms. The molecular formula is C30H31F3N2O8. The SMILES string of the molecule is CN1CC[C@]23c4c5ccc(O)c4O[C@H]2C(OC(=O)CCNC(=O)[C@@H](O)c2ccccc2)=CC[C@@]3(O)[C@H]1C5.O=CC(F)(F)F. The van der Waals surface area contributed by atoms with E-state index in [0.717, 1.165) is 17.7 Å². The number of aromatic hydroxyl groups is 1. The van der Waals surface area contributed by atoms with Crippen molar-refractivity contribution >= 4 is 18.2 Å². The minimum absolute atomic E-state index is 0.00647. The number of nitrogens with one attached hydrogen (secondary N) is 1. The number of benzene rings is 2. The molecule has 1 fully saturated rings. The monoisotopic (exact) mass is 604 g/mol. The quantitative estimate of drug-likeness (QED) is 0.288. The van der Waals surface area contributed by atoms with Gasteiger partial charge in [0.1, 0.15) is 5.76 Å². The maximum Gasteiger partial charge on any atom is 0.446 e. The van der Waals surface area contributed by atoms with E-state index in [1.165, 1.54) is 0 Å². The van der Waals surface area contributed by atoms with Crippen molar-refractivity contribution in [2.75, 3.05) is 20.1 Å². The average molecular weight is 605 g/mol. The number of hydrogen-bond acceptors (Lipinski definition) is 9. The molecule has 4 N–H and O–H groups in total. The maximum absolute atomic E-state index is 12.8. The number of likely N-dealkylation sites (N-methyl/N-ethyl adjacent to an activating group) is 1. The van der Waals surface area contributed by atoms with Crippen LogP contribution in [0.1, 0.15) is 42.1 Å². The van der Waals surface area contributed by atoms with Crippen molar-refractivity contribution in [3.05, 3.63) is 71.0 Å². The molecular weight excluding hydrogens is 573 g/mol. The summed E-state index contributed by atoms with van der Waals surface area (Å²) in [6.45, 7) is 0.728. The van der Waals surface area contributed by atoms with E-state index in [1.54, 1.807) is 42.5 Å². The Morgan fingerprint density at radius 3 is 2.60 bits per heavy atom. The van der Waals surface area contributed by atoms with Crippen LogP contribution in [0.2, 0.25) is 0 Å². The van der Waals surface area contributed by atoms with Crippen LogP contribution in [-0.4, -0.2) is 82.4 Å². The van der Waals surface area contributed by atoms with Crippen LogP contribution >= 0.6 is 0 Å². The number of aliphatic hydroxyl groups is 2. The van der Waals surface area contributed by atoms with E-state index in [-0.39, 0.29) is 24.8 Å². The molecule has 0 saturated carbocycles. The number of ether oxygens (including phenoxy) is 2. The highest BCUT2D eigenvalue weighted by molar-refractivity contribution is 5.82. The van der Waals surface area contributed by atoms with E-state index in [9.17, 15) is 38.1 Å². The van der Waals surface area contributed by atoms with E-state index < -0.39 is 47.6 Å².